The van der Waals surface area contributed by atoms with E-state index in [1.807, 2.05) is 108 Å². The Morgan fingerprint density at radius 2 is 1.21 bits per heavy atom. The Morgan fingerprint density at radius 3 is 1.79 bits per heavy atom. The molecule has 62 heavy (non-hydrogen) atoms. The number of fused-ring (bicyclic) bond motifs is 2. The molecule has 15 nitrogen and oxygen atoms in total. The van der Waals surface area contributed by atoms with Gasteiger partial charge >= 0.3 is 12.2 Å². The van der Waals surface area contributed by atoms with Crippen molar-refractivity contribution in [3.63, 3.8) is 0 Å². The van der Waals surface area contributed by atoms with Crippen LogP contribution in [0.25, 0.3) is 38.9 Å². The molecule has 0 aliphatic carbocycles. The number of rotatable bonds is 10. The summed E-state index contributed by atoms with van der Waals surface area (Å²) in [6, 6.07) is 28.0. The molecule has 4 aromatic carbocycles. The SMILES string of the molecule is COC(=O)N[C@@H](C(=O)N1CCC[C@H]1C1=NC=C(c2ccc3nc4cc(-c5cnc([C@@H]6CCCN6C(=O)[C@H](NC(=O)OC)c6ccccc6)[nH]5)ccc4nc3c2)C1)c1ccccc1. The van der Waals surface area contributed by atoms with Crippen molar-refractivity contribution < 1.29 is 28.7 Å². The number of benzene rings is 4. The highest BCUT2D eigenvalue weighted by atomic mass is 16.5. The summed E-state index contributed by atoms with van der Waals surface area (Å²) in [7, 11) is 2.56. The van der Waals surface area contributed by atoms with Gasteiger partial charge in [-0.25, -0.2) is 24.5 Å². The molecule has 6 aromatic rings. The number of ether oxygens (including phenoxy) is 2. The monoisotopic (exact) mass is 831 g/mol. The second kappa shape index (κ2) is 17.3. The Bertz CT molecular complexity index is 2740. The van der Waals surface area contributed by atoms with Gasteiger partial charge in [0.15, 0.2) is 0 Å². The number of allylic oxidation sites excluding steroid dienone is 1. The average Bonchev–Trinajstić information content (AvgIpc) is 4.16. The van der Waals surface area contributed by atoms with Crippen LogP contribution in [-0.4, -0.2) is 92.8 Å². The summed E-state index contributed by atoms with van der Waals surface area (Å²) in [5.41, 5.74) is 8.89. The van der Waals surface area contributed by atoms with Gasteiger partial charge in [0.25, 0.3) is 5.91 Å². The van der Waals surface area contributed by atoms with Crippen LogP contribution < -0.4 is 10.6 Å². The number of amides is 4. The smallest absolute Gasteiger partial charge is 0.407 e. The molecule has 2 aromatic heterocycles. The third-order valence-corrected chi connectivity index (χ3v) is 11.9. The average molecular weight is 832 g/mol. The van der Waals surface area contributed by atoms with Gasteiger partial charge in [-0.3, -0.25) is 14.6 Å². The van der Waals surface area contributed by atoms with Crippen molar-refractivity contribution in [2.45, 2.75) is 56.3 Å². The zero-order valence-electron chi connectivity index (χ0n) is 34.3. The first-order chi connectivity index (χ1) is 30.3. The van der Waals surface area contributed by atoms with Crippen LogP contribution in [-0.2, 0) is 19.1 Å². The van der Waals surface area contributed by atoms with Crippen LogP contribution in [0.3, 0.4) is 0 Å². The first kappa shape index (κ1) is 40.0. The van der Waals surface area contributed by atoms with E-state index in [1.165, 1.54) is 14.2 Å². The first-order valence-electron chi connectivity index (χ1n) is 20.7. The predicted octanol–water partition coefficient (Wildman–Crippen LogP) is 7.21. The third kappa shape index (κ3) is 7.96. The number of H-pyrrole nitrogens is 1. The summed E-state index contributed by atoms with van der Waals surface area (Å²) in [5.74, 6) is 0.243. The molecule has 2 fully saturated rings. The van der Waals surface area contributed by atoms with Gasteiger partial charge in [-0.1, -0.05) is 72.8 Å². The molecule has 314 valence electrons. The molecular weight excluding hydrogens is 787 g/mol. The molecule has 9 rings (SSSR count). The van der Waals surface area contributed by atoms with Crippen molar-refractivity contribution in [2.75, 3.05) is 27.3 Å². The molecule has 5 heterocycles. The van der Waals surface area contributed by atoms with E-state index in [0.29, 0.717) is 36.5 Å². The Balaban J connectivity index is 0.892. The van der Waals surface area contributed by atoms with Gasteiger partial charge in [0, 0.05) is 37.0 Å². The Hall–Kier alpha value is -7.42. The fourth-order valence-electron chi connectivity index (χ4n) is 8.77. The van der Waals surface area contributed by atoms with Gasteiger partial charge in [0.1, 0.15) is 17.9 Å². The Labute approximate surface area is 357 Å². The quantitative estimate of drug-likeness (QED) is 0.120. The van der Waals surface area contributed by atoms with Crippen LogP contribution in [0.15, 0.2) is 114 Å². The van der Waals surface area contributed by atoms with Crippen LogP contribution in [0.1, 0.15) is 72.7 Å². The molecule has 3 N–H and O–H groups in total. The molecule has 3 aliphatic heterocycles. The number of likely N-dealkylation sites (tertiary alicyclic amines) is 2. The molecule has 4 amide bonds. The van der Waals surface area contributed by atoms with Gasteiger partial charge in [-0.2, -0.15) is 0 Å². The van der Waals surface area contributed by atoms with Crippen molar-refractivity contribution >= 4 is 57.4 Å². The number of carbonyl (C=O) groups is 4. The zero-order valence-corrected chi connectivity index (χ0v) is 34.3. The lowest BCUT2D eigenvalue weighted by Crippen LogP contribution is -2.47. The van der Waals surface area contributed by atoms with Crippen LogP contribution in [0.2, 0.25) is 0 Å². The molecule has 15 heteroatoms. The third-order valence-electron chi connectivity index (χ3n) is 11.9. The lowest BCUT2D eigenvalue weighted by Gasteiger charge is -2.29. The van der Waals surface area contributed by atoms with E-state index in [1.54, 1.807) is 11.1 Å². The topological polar surface area (TPSA) is 184 Å². The molecule has 2 saturated heterocycles. The number of nitrogens with zero attached hydrogens (tertiary/aromatic N) is 6. The fourth-order valence-corrected chi connectivity index (χ4v) is 8.77. The maximum atomic E-state index is 14.0. The van der Waals surface area contributed by atoms with Crippen molar-refractivity contribution in [3.05, 3.63) is 132 Å². The summed E-state index contributed by atoms with van der Waals surface area (Å²) in [6.45, 7) is 1.10. The highest BCUT2D eigenvalue weighted by molar-refractivity contribution is 6.04. The van der Waals surface area contributed by atoms with Gasteiger partial charge in [-0.15, -0.1) is 0 Å². The van der Waals surface area contributed by atoms with E-state index >= 15 is 0 Å². The minimum atomic E-state index is -0.901. The minimum absolute atomic E-state index is 0.187. The number of imidazole rings is 1. The number of hydrogen-bond donors (Lipinski definition) is 3. The van der Waals surface area contributed by atoms with Gasteiger partial charge in [0.05, 0.1) is 60.3 Å². The van der Waals surface area contributed by atoms with E-state index < -0.39 is 24.3 Å². The van der Waals surface area contributed by atoms with Gasteiger partial charge < -0.3 is 34.9 Å². The maximum Gasteiger partial charge on any atom is 0.407 e. The maximum absolute atomic E-state index is 14.0. The number of aliphatic imine (C=N–C) groups is 1. The fraction of sp³-hybridized carbons (Fsp3) is 0.277. The summed E-state index contributed by atoms with van der Waals surface area (Å²) < 4.78 is 9.68. The summed E-state index contributed by atoms with van der Waals surface area (Å²) in [5, 5.41) is 5.44. The van der Waals surface area contributed by atoms with Crippen LogP contribution >= 0.6 is 0 Å². The number of carbonyl (C=O) groups excluding carboxylic acids is 4. The lowest BCUT2D eigenvalue weighted by molar-refractivity contribution is -0.135. The summed E-state index contributed by atoms with van der Waals surface area (Å²) in [4.78, 5) is 79.1. The normalized spacial score (nSPS) is 18.3. The molecule has 0 unspecified atom stereocenters. The molecule has 3 aliphatic rings. The number of nitrogens with one attached hydrogen (secondary N) is 3. The van der Waals surface area contributed by atoms with Gasteiger partial charge in [0.2, 0.25) is 5.91 Å². The minimum Gasteiger partial charge on any atom is -0.453 e. The van der Waals surface area contributed by atoms with E-state index in [2.05, 4.69) is 15.6 Å². The van der Waals surface area contributed by atoms with Gasteiger partial charge in [-0.05, 0) is 72.2 Å². The molecule has 0 spiro atoms. The largest absolute Gasteiger partial charge is 0.453 e. The van der Waals surface area contributed by atoms with Crippen LogP contribution in [0.5, 0.6) is 0 Å². The van der Waals surface area contributed by atoms with E-state index in [0.717, 1.165) is 75.9 Å². The standard InChI is InChI=1S/C47H45N9O6/c1-61-46(59)53-41(28-11-5-3-6-12-28)44(57)55-21-9-15-39(55)37-25-32(26-48-37)30-17-19-33-35(23-30)50-34-20-18-31(24-36(34)51-33)38-27-49-43(52-38)40-16-10-22-56(40)45(58)42(54-47(60)62-2)29-13-7-4-8-14-29/h3-8,11-14,17-20,23-24,26-27,39-42H,9-10,15-16,21-22,25H2,1-2H3,(H,49,52)(H,53,59)(H,54,60)/t39-,40-,41+,42+/m0/s1. The Morgan fingerprint density at radius 1 is 0.677 bits per heavy atom. The number of aromatic amines is 1. The Kier molecular flexibility index (Phi) is 11.2. The second-order valence-corrected chi connectivity index (χ2v) is 15.6. The van der Waals surface area contributed by atoms with Crippen molar-refractivity contribution in [1.29, 1.82) is 0 Å². The predicted molar refractivity (Wildman–Crippen MR) is 233 cm³/mol. The summed E-state index contributed by atoms with van der Waals surface area (Å²) >= 11 is 0. The zero-order chi connectivity index (χ0) is 42.7. The highest BCUT2D eigenvalue weighted by Crippen LogP contribution is 2.36. The van der Waals surface area contributed by atoms with Crippen LogP contribution in [0, 0.1) is 0 Å². The molecule has 0 radical (unpaired) electrons. The van der Waals surface area contributed by atoms with Crippen molar-refractivity contribution in [3.8, 4) is 11.3 Å². The number of hydrogen-bond acceptors (Lipinski definition) is 10. The lowest BCUT2D eigenvalue weighted by atomic mass is 9.97. The van der Waals surface area contributed by atoms with Crippen LogP contribution in [0.4, 0.5) is 9.59 Å². The molecule has 0 saturated carbocycles. The highest BCUT2D eigenvalue weighted by Gasteiger charge is 2.39. The van der Waals surface area contributed by atoms with E-state index in [-0.39, 0.29) is 23.9 Å². The number of alkyl carbamates (subject to hydrolysis) is 2. The van der Waals surface area contributed by atoms with Crippen molar-refractivity contribution in [1.82, 2.24) is 40.4 Å². The first-order valence-corrected chi connectivity index (χ1v) is 20.7. The molecule has 0 bridgehead atoms. The van der Waals surface area contributed by atoms with Crippen molar-refractivity contribution in [2.24, 2.45) is 4.99 Å². The molecular formula is C47H45N9O6. The number of aromatic nitrogens is 4. The second-order valence-electron chi connectivity index (χ2n) is 15.6. The number of methoxy groups -OCH3 is 2. The summed E-state index contributed by atoms with van der Waals surface area (Å²) in [6.07, 6.45) is 6.02. The van der Waals surface area contributed by atoms with E-state index in [9.17, 15) is 19.2 Å². The van der Waals surface area contributed by atoms with E-state index in [4.69, 9.17) is 29.4 Å². The molecule has 4 atom stereocenters.